The van der Waals surface area contributed by atoms with Gasteiger partial charge >= 0.3 is 0 Å². The van der Waals surface area contributed by atoms with E-state index in [1.165, 1.54) is 21.8 Å². The lowest BCUT2D eigenvalue weighted by Gasteiger charge is -2.00. The fourth-order valence-electron chi connectivity index (χ4n) is 1.75. The van der Waals surface area contributed by atoms with Crippen molar-refractivity contribution in [1.82, 2.24) is 5.43 Å². The zero-order valence-electron chi connectivity index (χ0n) is 6.02. The minimum Gasteiger partial charge on any atom is -0.304 e. The minimum absolute atomic E-state index is 1.04. The molecule has 1 aromatic carbocycles. The van der Waals surface area contributed by atoms with Gasteiger partial charge in [0.15, 0.2) is 0 Å². The molecule has 2 heteroatoms. The largest absolute Gasteiger partial charge is 0.304 e. The van der Waals surface area contributed by atoms with Crippen LogP contribution in [0, 0.1) is 0 Å². The summed E-state index contributed by atoms with van der Waals surface area (Å²) in [5.74, 6) is 0. The Morgan fingerprint density at radius 3 is 3.18 bits per heavy atom. The molecule has 1 heterocycles. The van der Waals surface area contributed by atoms with Gasteiger partial charge in [-0.05, 0) is 11.3 Å². The van der Waals surface area contributed by atoms with Gasteiger partial charge in [-0.2, -0.15) is 0 Å². The average molecular weight is 144 g/mol. The number of nitrogens with one attached hydrogen (secondary N) is 2. The normalized spacial score (nSPS) is 16.9. The lowest BCUT2D eigenvalue weighted by Crippen LogP contribution is -2.21. The molecule has 0 atom stereocenters. The van der Waals surface area contributed by atoms with E-state index in [1.54, 1.807) is 0 Å². The van der Waals surface area contributed by atoms with Crippen LogP contribution in [0.15, 0.2) is 18.2 Å². The van der Waals surface area contributed by atoms with Crippen LogP contribution in [-0.2, 0) is 0 Å². The van der Waals surface area contributed by atoms with Gasteiger partial charge in [-0.3, -0.25) is 0 Å². The topological polar surface area (TPSA) is 24.1 Å². The molecule has 0 amide bonds. The standard InChI is InChI=1S/C9H8N2/c1-2-6-4-5-8-9(6)7(3-1)10-11-8/h1-4,10-11H,5H2. The maximum absolute atomic E-state index is 3.16. The monoisotopic (exact) mass is 144 g/mol. The van der Waals surface area contributed by atoms with Crippen molar-refractivity contribution >= 4 is 17.5 Å². The molecule has 1 aliphatic carbocycles. The number of rotatable bonds is 0. The molecule has 0 saturated heterocycles. The zero-order chi connectivity index (χ0) is 7.26. The Labute approximate surface area is 64.2 Å². The van der Waals surface area contributed by atoms with E-state index >= 15 is 0 Å². The van der Waals surface area contributed by atoms with Crippen LogP contribution in [0.5, 0.6) is 0 Å². The summed E-state index contributed by atoms with van der Waals surface area (Å²) in [6.07, 6.45) is 3.29. The number of benzene rings is 1. The third-order valence-electron chi connectivity index (χ3n) is 2.27. The van der Waals surface area contributed by atoms with Gasteiger partial charge < -0.3 is 10.9 Å². The van der Waals surface area contributed by atoms with Crippen molar-refractivity contribution in [1.29, 1.82) is 0 Å². The molecule has 0 spiro atoms. The summed E-state index contributed by atoms with van der Waals surface area (Å²) in [5, 5.41) is 2.72. The third-order valence-corrected chi connectivity index (χ3v) is 2.27. The Morgan fingerprint density at radius 1 is 1.18 bits per heavy atom. The van der Waals surface area contributed by atoms with E-state index < -0.39 is 0 Å². The van der Waals surface area contributed by atoms with E-state index in [0.717, 1.165) is 6.42 Å². The smallest absolute Gasteiger partial charge is 0.0636 e. The van der Waals surface area contributed by atoms with Crippen molar-refractivity contribution in [3.63, 3.8) is 0 Å². The van der Waals surface area contributed by atoms with Crippen molar-refractivity contribution in [2.45, 2.75) is 6.42 Å². The lowest BCUT2D eigenvalue weighted by molar-refractivity contribution is 1.08. The Balaban J connectivity index is 2.62. The van der Waals surface area contributed by atoms with Crippen LogP contribution in [0.2, 0.25) is 0 Å². The highest BCUT2D eigenvalue weighted by Gasteiger charge is 2.13. The first-order valence-corrected chi connectivity index (χ1v) is 3.79. The van der Waals surface area contributed by atoms with Crippen molar-refractivity contribution in [3.8, 4) is 0 Å². The predicted octanol–water partition coefficient (Wildman–Crippen LogP) is -0.0909. The summed E-state index contributed by atoms with van der Waals surface area (Å²) in [4.78, 5) is 0. The van der Waals surface area contributed by atoms with Crippen molar-refractivity contribution in [2.75, 3.05) is 5.43 Å². The molecule has 0 radical (unpaired) electrons. The molecule has 3 rings (SSSR count). The van der Waals surface area contributed by atoms with Crippen LogP contribution < -0.4 is 21.3 Å². The Morgan fingerprint density at radius 2 is 2.18 bits per heavy atom. The molecular formula is C9H8N2. The van der Waals surface area contributed by atoms with Crippen molar-refractivity contribution in [2.24, 2.45) is 0 Å². The quantitative estimate of drug-likeness (QED) is 0.531. The SMILES string of the molecule is C1=c2cccc3c2=C(C1)NN3. The molecule has 0 bridgehead atoms. The van der Waals surface area contributed by atoms with Gasteiger partial charge in [0.25, 0.3) is 0 Å². The maximum atomic E-state index is 3.16. The minimum atomic E-state index is 1.04. The predicted molar refractivity (Wildman–Crippen MR) is 44.9 cm³/mol. The highest BCUT2D eigenvalue weighted by molar-refractivity contribution is 5.70. The van der Waals surface area contributed by atoms with Gasteiger partial charge in [-0.1, -0.05) is 18.2 Å². The van der Waals surface area contributed by atoms with Gasteiger partial charge in [0.05, 0.1) is 5.69 Å². The van der Waals surface area contributed by atoms with Crippen LogP contribution in [0.25, 0.3) is 11.8 Å². The first-order chi connectivity index (χ1) is 5.45. The van der Waals surface area contributed by atoms with E-state index in [0.29, 0.717) is 0 Å². The average Bonchev–Trinajstić information content (AvgIpc) is 2.60. The van der Waals surface area contributed by atoms with Gasteiger partial charge in [-0.15, -0.1) is 0 Å². The van der Waals surface area contributed by atoms with Gasteiger partial charge in [-0.25, -0.2) is 0 Å². The summed E-state index contributed by atoms with van der Waals surface area (Å²) in [6.45, 7) is 0. The molecule has 2 N–H and O–H groups in total. The van der Waals surface area contributed by atoms with Gasteiger partial charge in [0.2, 0.25) is 0 Å². The van der Waals surface area contributed by atoms with Gasteiger partial charge in [0.1, 0.15) is 0 Å². The molecular weight excluding hydrogens is 136 g/mol. The lowest BCUT2D eigenvalue weighted by atomic mass is 10.2. The summed E-state index contributed by atoms with van der Waals surface area (Å²) < 4.78 is 0. The van der Waals surface area contributed by atoms with Crippen molar-refractivity contribution < 1.29 is 0 Å². The fourth-order valence-corrected chi connectivity index (χ4v) is 1.75. The van der Waals surface area contributed by atoms with Crippen LogP contribution in [0.4, 0.5) is 5.69 Å². The summed E-state index contributed by atoms with van der Waals surface area (Å²) in [6, 6.07) is 6.33. The van der Waals surface area contributed by atoms with E-state index in [4.69, 9.17) is 0 Å². The van der Waals surface area contributed by atoms with Crippen LogP contribution in [0.1, 0.15) is 6.42 Å². The van der Waals surface area contributed by atoms with Gasteiger partial charge in [0, 0.05) is 17.3 Å². The summed E-state index contributed by atoms with van der Waals surface area (Å²) >= 11 is 0. The van der Waals surface area contributed by atoms with E-state index in [9.17, 15) is 0 Å². The highest BCUT2D eigenvalue weighted by Crippen LogP contribution is 2.10. The molecule has 11 heavy (non-hydrogen) atoms. The molecule has 2 nitrogen and oxygen atoms in total. The molecule has 0 saturated carbocycles. The van der Waals surface area contributed by atoms with Crippen LogP contribution in [0.3, 0.4) is 0 Å². The molecule has 1 aromatic rings. The number of hydrazine groups is 1. The zero-order valence-corrected chi connectivity index (χ0v) is 6.02. The number of hydrogen-bond acceptors (Lipinski definition) is 2. The highest BCUT2D eigenvalue weighted by atomic mass is 15.4. The Bertz CT molecular complexity index is 431. The van der Waals surface area contributed by atoms with Crippen LogP contribution in [-0.4, -0.2) is 0 Å². The maximum Gasteiger partial charge on any atom is 0.0636 e. The second-order valence-corrected chi connectivity index (χ2v) is 2.91. The molecule has 0 fully saturated rings. The summed E-state index contributed by atoms with van der Waals surface area (Å²) in [7, 11) is 0. The fraction of sp³-hybridized carbons (Fsp3) is 0.111. The molecule has 54 valence electrons. The molecule has 0 unspecified atom stereocenters. The molecule has 1 aliphatic heterocycles. The van der Waals surface area contributed by atoms with Crippen LogP contribution >= 0.6 is 0 Å². The van der Waals surface area contributed by atoms with E-state index in [2.05, 4.69) is 35.1 Å². The Hall–Kier alpha value is -1.44. The van der Waals surface area contributed by atoms with E-state index in [1.807, 2.05) is 0 Å². The first kappa shape index (κ1) is 5.24. The Kier molecular flexibility index (Phi) is 0.756. The third kappa shape index (κ3) is 0.522. The second-order valence-electron chi connectivity index (χ2n) is 2.91. The van der Waals surface area contributed by atoms with Crippen molar-refractivity contribution in [3.05, 3.63) is 28.6 Å². The second kappa shape index (κ2) is 1.59. The number of anilines is 1. The molecule has 2 aliphatic rings. The van der Waals surface area contributed by atoms with E-state index in [-0.39, 0.29) is 0 Å². The summed E-state index contributed by atoms with van der Waals surface area (Å²) in [5.41, 5.74) is 8.82. The first-order valence-electron chi connectivity index (χ1n) is 3.79. The number of hydrogen-bond donors (Lipinski definition) is 2. The molecule has 0 aromatic heterocycles.